The third kappa shape index (κ3) is 5.11. The summed E-state index contributed by atoms with van der Waals surface area (Å²) >= 11 is 0. The third-order valence-corrected chi connectivity index (χ3v) is 8.32. The lowest BCUT2D eigenvalue weighted by atomic mass is 9.88. The van der Waals surface area contributed by atoms with Crippen molar-refractivity contribution in [2.24, 2.45) is 5.41 Å². The molecule has 12 nitrogen and oxygen atoms in total. The number of nitrogens with one attached hydrogen (secondary N) is 1. The summed E-state index contributed by atoms with van der Waals surface area (Å²) in [5.41, 5.74) is 2.02. The predicted octanol–water partition coefficient (Wildman–Crippen LogP) is 3.18. The number of allylic oxidation sites excluding steroid dienone is 2. The zero-order valence-corrected chi connectivity index (χ0v) is 24.7. The molecule has 1 amide bonds. The molecular formula is C31H35N9O3. The predicted molar refractivity (Wildman–Crippen MR) is 166 cm³/mol. The number of aromatic nitrogens is 5. The fourth-order valence-electron chi connectivity index (χ4n) is 5.85. The second-order valence-electron chi connectivity index (χ2n) is 12.2. The van der Waals surface area contributed by atoms with E-state index in [1.165, 1.54) is 5.69 Å². The highest BCUT2D eigenvalue weighted by Gasteiger charge is 2.33. The minimum atomic E-state index is -0.220. The van der Waals surface area contributed by atoms with Crippen molar-refractivity contribution in [1.29, 1.82) is 0 Å². The Labute approximate surface area is 249 Å². The molecule has 7 rings (SSSR count). The molecule has 0 saturated carbocycles. The van der Waals surface area contributed by atoms with E-state index in [1.807, 2.05) is 18.2 Å². The summed E-state index contributed by atoms with van der Waals surface area (Å²) in [5, 5.41) is 3.67. The Morgan fingerprint density at radius 1 is 0.953 bits per heavy atom. The number of amides is 1. The molecule has 4 aromatic rings. The lowest BCUT2D eigenvalue weighted by Crippen LogP contribution is -2.44. The van der Waals surface area contributed by atoms with E-state index in [-0.39, 0.29) is 23.5 Å². The first-order valence-electron chi connectivity index (χ1n) is 14.6. The number of carbonyl (C=O) groups excluding carboxylic acids is 1. The van der Waals surface area contributed by atoms with Crippen molar-refractivity contribution in [1.82, 2.24) is 29.2 Å². The Bertz CT molecular complexity index is 1780. The van der Waals surface area contributed by atoms with E-state index in [9.17, 15) is 9.59 Å². The molecule has 0 unspecified atom stereocenters. The summed E-state index contributed by atoms with van der Waals surface area (Å²) in [6.07, 6.45) is 6.32. The Balaban J connectivity index is 1.27. The van der Waals surface area contributed by atoms with Crippen LogP contribution in [0.2, 0.25) is 0 Å². The van der Waals surface area contributed by atoms with Crippen molar-refractivity contribution in [3.05, 3.63) is 65.1 Å². The van der Waals surface area contributed by atoms with Crippen LogP contribution in [0.25, 0.3) is 16.9 Å². The van der Waals surface area contributed by atoms with Crippen LogP contribution in [0.4, 0.5) is 23.1 Å². The van der Waals surface area contributed by atoms with Crippen LogP contribution in [0.15, 0.2) is 59.5 Å². The number of anilines is 4. The molecule has 43 heavy (non-hydrogen) atoms. The first kappa shape index (κ1) is 27.1. The number of carbonyl (C=O) groups is 1. The highest BCUT2D eigenvalue weighted by molar-refractivity contribution is 5.97. The largest absolute Gasteiger partial charge is 0.480 e. The lowest BCUT2D eigenvalue weighted by molar-refractivity contribution is -0.121. The van der Waals surface area contributed by atoms with Crippen molar-refractivity contribution >= 4 is 40.1 Å². The van der Waals surface area contributed by atoms with Gasteiger partial charge in [0.2, 0.25) is 5.95 Å². The molecule has 0 aliphatic carbocycles. The molecule has 0 radical (unpaired) electrons. The third-order valence-electron chi connectivity index (χ3n) is 8.32. The first-order chi connectivity index (χ1) is 20.8. The molecule has 2 bridgehead atoms. The Kier molecular flexibility index (Phi) is 6.65. The van der Waals surface area contributed by atoms with E-state index in [2.05, 4.69) is 59.2 Å². The number of fused-ring (bicyclic) bond motifs is 5. The molecule has 0 atom stereocenters. The van der Waals surface area contributed by atoms with Gasteiger partial charge in [0.1, 0.15) is 5.39 Å². The molecule has 6 heterocycles. The summed E-state index contributed by atoms with van der Waals surface area (Å²) in [6.45, 7) is 9.11. The molecule has 222 valence electrons. The fraction of sp³-hybridized carbons (Fsp3) is 0.387. The first-order valence-corrected chi connectivity index (χ1v) is 14.6. The smallest absolute Gasteiger partial charge is 0.278 e. The standard InChI is InChI=1S/C31H35N9O3/c1-31(2)12-4-5-13-39-29(42)23-18-32-30(33-21-6-8-22(9-7-21)37-16-14-36(3)15-17-37)35-27(23)40(39)25-11-10-24-28(34-25)38(20-31)26(41)19-43-24/h4-11,18H,12-17,19-20H2,1-3H3,(H,32,33,35). The second kappa shape index (κ2) is 10.5. The quantitative estimate of drug-likeness (QED) is 0.365. The lowest BCUT2D eigenvalue weighted by Gasteiger charge is -2.35. The molecular weight excluding hydrogens is 546 g/mol. The number of pyridine rings is 1. The molecule has 3 aliphatic heterocycles. The minimum Gasteiger partial charge on any atom is -0.480 e. The van der Waals surface area contributed by atoms with Gasteiger partial charge in [-0.15, -0.1) is 0 Å². The number of hydrogen-bond acceptors (Lipinski definition) is 9. The topological polar surface area (TPSA) is 114 Å². The molecule has 1 fully saturated rings. The van der Waals surface area contributed by atoms with Gasteiger partial charge in [-0.2, -0.15) is 4.98 Å². The zero-order chi connectivity index (χ0) is 29.7. The molecule has 3 aromatic heterocycles. The van der Waals surface area contributed by atoms with Gasteiger partial charge in [-0.05, 0) is 55.3 Å². The van der Waals surface area contributed by atoms with Crippen LogP contribution in [0.5, 0.6) is 5.75 Å². The Morgan fingerprint density at radius 3 is 2.53 bits per heavy atom. The van der Waals surface area contributed by atoms with Crippen LogP contribution in [0, 0.1) is 5.41 Å². The van der Waals surface area contributed by atoms with Crippen LogP contribution in [0.1, 0.15) is 20.3 Å². The van der Waals surface area contributed by atoms with E-state index in [0.29, 0.717) is 47.5 Å². The maximum Gasteiger partial charge on any atom is 0.278 e. The number of piperazine rings is 1. The number of nitrogens with zero attached hydrogens (tertiary/aromatic N) is 8. The number of rotatable bonds is 3. The molecule has 1 aromatic carbocycles. The zero-order valence-electron chi connectivity index (χ0n) is 24.7. The summed E-state index contributed by atoms with van der Waals surface area (Å²) in [7, 11) is 2.15. The summed E-state index contributed by atoms with van der Waals surface area (Å²) in [4.78, 5) is 47.1. The van der Waals surface area contributed by atoms with E-state index >= 15 is 0 Å². The van der Waals surface area contributed by atoms with Crippen LogP contribution >= 0.6 is 0 Å². The van der Waals surface area contributed by atoms with Gasteiger partial charge in [-0.1, -0.05) is 26.0 Å². The van der Waals surface area contributed by atoms with Gasteiger partial charge >= 0.3 is 0 Å². The number of ether oxygens (including phenoxy) is 1. The average Bonchev–Trinajstić information content (AvgIpc) is 3.27. The summed E-state index contributed by atoms with van der Waals surface area (Å²) in [6, 6.07) is 11.8. The van der Waals surface area contributed by atoms with Crippen LogP contribution in [0.3, 0.4) is 0 Å². The summed E-state index contributed by atoms with van der Waals surface area (Å²) in [5.74, 6) is 1.66. The van der Waals surface area contributed by atoms with Crippen molar-refractivity contribution in [3.8, 4) is 11.6 Å². The van der Waals surface area contributed by atoms with Crippen molar-refractivity contribution < 1.29 is 9.53 Å². The number of hydrogen-bond donors (Lipinski definition) is 1. The van der Waals surface area contributed by atoms with Crippen LogP contribution in [-0.4, -0.2) is 81.5 Å². The molecule has 0 spiro atoms. The number of benzene rings is 1. The van der Waals surface area contributed by atoms with Crippen molar-refractivity contribution in [2.75, 3.05) is 61.5 Å². The molecule has 3 aliphatic rings. The van der Waals surface area contributed by atoms with Gasteiger partial charge < -0.3 is 19.9 Å². The molecule has 1 saturated heterocycles. The van der Waals surface area contributed by atoms with Gasteiger partial charge in [0.05, 0.1) is 6.54 Å². The van der Waals surface area contributed by atoms with E-state index in [0.717, 1.165) is 38.3 Å². The van der Waals surface area contributed by atoms with Crippen molar-refractivity contribution in [3.63, 3.8) is 0 Å². The van der Waals surface area contributed by atoms with Crippen LogP contribution in [-0.2, 0) is 11.3 Å². The molecule has 1 N–H and O–H groups in total. The fourth-order valence-corrected chi connectivity index (χ4v) is 5.85. The molecule has 12 heteroatoms. The van der Waals surface area contributed by atoms with Gasteiger partial charge in [0, 0.05) is 50.3 Å². The van der Waals surface area contributed by atoms with Gasteiger partial charge in [0.25, 0.3) is 11.5 Å². The Hall–Kier alpha value is -4.71. The number of likely N-dealkylation sites (N-methyl/N-ethyl adjacent to an activating group) is 1. The summed E-state index contributed by atoms with van der Waals surface area (Å²) < 4.78 is 9.02. The second-order valence-corrected chi connectivity index (χ2v) is 12.2. The van der Waals surface area contributed by atoms with Crippen molar-refractivity contribution in [2.45, 2.75) is 26.8 Å². The van der Waals surface area contributed by atoms with Crippen LogP contribution < -0.4 is 25.4 Å². The normalized spacial score (nSPS) is 18.5. The van der Waals surface area contributed by atoms with Gasteiger partial charge in [-0.25, -0.2) is 19.3 Å². The van der Waals surface area contributed by atoms with Gasteiger partial charge in [0.15, 0.2) is 29.6 Å². The average molecular weight is 582 g/mol. The van der Waals surface area contributed by atoms with Gasteiger partial charge in [-0.3, -0.25) is 14.5 Å². The van der Waals surface area contributed by atoms with E-state index in [1.54, 1.807) is 32.6 Å². The van der Waals surface area contributed by atoms with E-state index < -0.39 is 0 Å². The highest BCUT2D eigenvalue weighted by atomic mass is 16.5. The Morgan fingerprint density at radius 2 is 1.74 bits per heavy atom. The SMILES string of the molecule is CN1CCN(c2ccc(Nc3ncc4c(=O)n5n(c4n3)-c3ccc4c(n3)N(CC(C)(C)CC=CC5)C(=O)CO4)cc2)CC1. The maximum absolute atomic E-state index is 13.6. The monoisotopic (exact) mass is 581 g/mol. The highest BCUT2D eigenvalue weighted by Crippen LogP contribution is 2.35. The van der Waals surface area contributed by atoms with E-state index in [4.69, 9.17) is 14.7 Å². The maximum atomic E-state index is 13.6. The minimum absolute atomic E-state index is 0.0320.